The van der Waals surface area contributed by atoms with Gasteiger partial charge in [-0.2, -0.15) is 5.10 Å². The standard InChI is InChI=1S/C13H21BrClN3/c1-3-11-13(15)12(17(2)16-11)9-18-6-4-10(8-14)5-7-18/h10H,3-9H2,1-2H3. The van der Waals surface area contributed by atoms with E-state index in [-0.39, 0.29) is 0 Å². The number of rotatable bonds is 4. The van der Waals surface area contributed by atoms with Crippen LogP contribution in [0.1, 0.15) is 31.2 Å². The number of aromatic nitrogens is 2. The zero-order valence-corrected chi connectivity index (χ0v) is 13.5. The summed E-state index contributed by atoms with van der Waals surface area (Å²) >= 11 is 9.97. The quantitative estimate of drug-likeness (QED) is 0.788. The Morgan fingerprint density at radius 1 is 1.39 bits per heavy atom. The fourth-order valence-corrected chi connectivity index (χ4v) is 3.50. The molecule has 3 nitrogen and oxygen atoms in total. The first kappa shape index (κ1) is 14.4. The number of hydrogen-bond donors (Lipinski definition) is 0. The summed E-state index contributed by atoms with van der Waals surface area (Å²) in [6.45, 7) is 5.36. The van der Waals surface area contributed by atoms with Gasteiger partial charge in [0.15, 0.2) is 0 Å². The lowest BCUT2D eigenvalue weighted by Gasteiger charge is -2.31. The molecule has 0 spiro atoms. The first-order chi connectivity index (χ1) is 8.65. The van der Waals surface area contributed by atoms with Crippen molar-refractivity contribution >= 4 is 27.5 Å². The van der Waals surface area contributed by atoms with E-state index >= 15 is 0 Å². The van der Waals surface area contributed by atoms with Gasteiger partial charge in [-0.3, -0.25) is 9.58 Å². The van der Waals surface area contributed by atoms with E-state index in [0.717, 1.165) is 40.6 Å². The van der Waals surface area contributed by atoms with Crippen molar-refractivity contribution in [2.75, 3.05) is 18.4 Å². The van der Waals surface area contributed by atoms with Gasteiger partial charge in [0.05, 0.1) is 16.4 Å². The largest absolute Gasteiger partial charge is 0.297 e. The summed E-state index contributed by atoms with van der Waals surface area (Å²) in [5.41, 5.74) is 2.18. The molecule has 0 bridgehead atoms. The molecular formula is C13H21BrClN3. The highest BCUT2D eigenvalue weighted by atomic mass is 79.9. The molecule has 0 atom stereocenters. The number of nitrogens with zero attached hydrogens (tertiary/aromatic N) is 3. The Morgan fingerprint density at radius 2 is 2.06 bits per heavy atom. The SMILES string of the molecule is CCc1nn(C)c(CN2CCC(CBr)CC2)c1Cl. The van der Waals surface area contributed by atoms with Gasteiger partial charge in [-0.05, 0) is 38.3 Å². The number of hydrogen-bond acceptors (Lipinski definition) is 2. The number of alkyl halides is 1. The molecule has 1 aliphatic rings. The van der Waals surface area contributed by atoms with Crippen LogP contribution in [0.5, 0.6) is 0 Å². The Labute approximate surface area is 123 Å². The van der Waals surface area contributed by atoms with Crippen LogP contribution in [0.25, 0.3) is 0 Å². The topological polar surface area (TPSA) is 21.1 Å². The van der Waals surface area contributed by atoms with Crippen molar-refractivity contribution in [3.05, 3.63) is 16.4 Å². The molecule has 1 fully saturated rings. The number of aryl methyl sites for hydroxylation is 2. The smallest absolute Gasteiger partial charge is 0.0863 e. The average Bonchev–Trinajstić information content (AvgIpc) is 2.67. The molecule has 0 amide bonds. The second kappa shape index (κ2) is 6.40. The van der Waals surface area contributed by atoms with Crippen molar-refractivity contribution in [2.45, 2.75) is 32.7 Å². The molecule has 0 N–H and O–H groups in total. The van der Waals surface area contributed by atoms with E-state index in [1.807, 2.05) is 11.7 Å². The Morgan fingerprint density at radius 3 is 2.56 bits per heavy atom. The van der Waals surface area contributed by atoms with Gasteiger partial charge in [0.25, 0.3) is 0 Å². The molecule has 2 heterocycles. The molecular weight excluding hydrogens is 314 g/mol. The maximum absolute atomic E-state index is 6.39. The van der Waals surface area contributed by atoms with Gasteiger partial charge in [-0.1, -0.05) is 34.5 Å². The minimum absolute atomic E-state index is 0.842. The highest BCUT2D eigenvalue weighted by molar-refractivity contribution is 9.09. The molecule has 2 rings (SSSR count). The third-order valence-electron chi connectivity index (χ3n) is 3.80. The van der Waals surface area contributed by atoms with E-state index in [0.29, 0.717) is 0 Å². The average molecular weight is 335 g/mol. The summed E-state index contributed by atoms with van der Waals surface area (Å²) in [7, 11) is 1.99. The maximum Gasteiger partial charge on any atom is 0.0863 e. The fraction of sp³-hybridized carbons (Fsp3) is 0.769. The Hall–Kier alpha value is -0.0600. The molecule has 1 aliphatic heterocycles. The minimum Gasteiger partial charge on any atom is -0.297 e. The highest BCUT2D eigenvalue weighted by Crippen LogP contribution is 2.25. The molecule has 0 radical (unpaired) electrons. The molecule has 1 saturated heterocycles. The fourth-order valence-electron chi connectivity index (χ4n) is 2.50. The van der Waals surface area contributed by atoms with E-state index in [9.17, 15) is 0 Å². The van der Waals surface area contributed by atoms with Gasteiger partial charge < -0.3 is 0 Å². The van der Waals surface area contributed by atoms with Gasteiger partial charge >= 0.3 is 0 Å². The molecule has 1 aromatic rings. The molecule has 0 aliphatic carbocycles. The lowest BCUT2D eigenvalue weighted by Crippen LogP contribution is -2.34. The molecule has 5 heteroatoms. The summed E-state index contributed by atoms with van der Waals surface area (Å²) in [5, 5.41) is 6.47. The van der Waals surface area contributed by atoms with Crippen molar-refractivity contribution in [2.24, 2.45) is 13.0 Å². The van der Waals surface area contributed by atoms with Crippen molar-refractivity contribution < 1.29 is 0 Å². The third kappa shape index (κ3) is 3.09. The highest BCUT2D eigenvalue weighted by Gasteiger charge is 2.21. The van der Waals surface area contributed by atoms with Gasteiger partial charge in [-0.25, -0.2) is 0 Å². The molecule has 0 aromatic carbocycles. The van der Waals surface area contributed by atoms with Crippen LogP contribution in [0.4, 0.5) is 0 Å². The molecule has 0 unspecified atom stereocenters. The second-order valence-corrected chi connectivity index (χ2v) is 6.08. The predicted octanol–water partition coefficient (Wildman–Crippen LogP) is 3.24. The van der Waals surface area contributed by atoms with E-state index in [1.165, 1.54) is 25.9 Å². The Balaban J connectivity index is 2.00. The van der Waals surface area contributed by atoms with Crippen LogP contribution in [0.2, 0.25) is 5.02 Å². The van der Waals surface area contributed by atoms with Crippen LogP contribution in [-0.2, 0) is 20.0 Å². The van der Waals surface area contributed by atoms with Crippen LogP contribution in [0.15, 0.2) is 0 Å². The number of halogens is 2. The zero-order chi connectivity index (χ0) is 13.1. The normalized spacial score (nSPS) is 18.4. The number of likely N-dealkylation sites (tertiary alicyclic amines) is 1. The van der Waals surface area contributed by atoms with Crippen LogP contribution in [-0.4, -0.2) is 33.1 Å². The molecule has 102 valence electrons. The van der Waals surface area contributed by atoms with Crippen molar-refractivity contribution in [3.63, 3.8) is 0 Å². The Bertz CT molecular complexity index is 397. The number of piperidine rings is 1. The first-order valence-corrected chi connectivity index (χ1v) is 8.14. The van der Waals surface area contributed by atoms with Crippen molar-refractivity contribution in [1.82, 2.24) is 14.7 Å². The van der Waals surface area contributed by atoms with Gasteiger partial charge in [0.1, 0.15) is 0 Å². The van der Waals surface area contributed by atoms with Crippen LogP contribution < -0.4 is 0 Å². The maximum atomic E-state index is 6.39. The summed E-state index contributed by atoms with van der Waals surface area (Å²) in [6.07, 6.45) is 3.46. The van der Waals surface area contributed by atoms with E-state index in [2.05, 4.69) is 32.9 Å². The lowest BCUT2D eigenvalue weighted by molar-refractivity contribution is 0.183. The van der Waals surface area contributed by atoms with Gasteiger partial charge in [0, 0.05) is 18.9 Å². The Kier molecular flexibility index (Phi) is 5.10. The zero-order valence-electron chi connectivity index (χ0n) is 11.1. The molecule has 0 saturated carbocycles. The van der Waals surface area contributed by atoms with Crippen molar-refractivity contribution in [1.29, 1.82) is 0 Å². The monoisotopic (exact) mass is 333 g/mol. The van der Waals surface area contributed by atoms with Gasteiger partial charge in [0.2, 0.25) is 0 Å². The van der Waals surface area contributed by atoms with E-state index in [1.54, 1.807) is 0 Å². The molecule has 1 aromatic heterocycles. The van der Waals surface area contributed by atoms with E-state index in [4.69, 9.17) is 11.6 Å². The summed E-state index contributed by atoms with van der Waals surface area (Å²) < 4.78 is 1.94. The molecule has 18 heavy (non-hydrogen) atoms. The van der Waals surface area contributed by atoms with Gasteiger partial charge in [-0.15, -0.1) is 0 Å². The summed E-state index contributed by atoms with van der Waals surface area (Å²) in [6, 6.07) is 0. The van der Waals surface area contributed by atoms with Crippen LogP contribution in [0, 0.1) is 5.92 Å². The third-order valence-corrected chi connectivity index (χ3v) is 5.15. The van der Waals surface area contributed by atoms with Crippen molar-refractivity contribution in [3.8, 4) is 0 Å². The second-order valence-electron chi connectivity index (χ2n) is 5.06. The van der Waals surface area contributed by atoms with Crippen LogP contribution in [0.3, 0.4) is 0 Å². The lowest BCUT2D eigenvalue weighted by atomic mass is 9.99. The summed E-state index contributed by atoms with van der Waals surface area (Å²) in [4.78, 5) is 2.49. The summed E-state index contributed by atoms with van der Waals surface area (Å²) in [5.74, 6) is 0.842. The van der Waals surface area contributed by atoms with Crippen LogP contribution >= 0.6 is 27.5 Å². The predicted molar refractivity (Wildman–Crippen MR) is 79.4 cm³/mol. The first-order valence-electron chi connectivity index (χ1n) is 6.64. The van der Waals surface area contributed by atoms with E-state index < -0.39 is 0 Å². The minimum atomic E-state index is 0.842.